The topological polar surface area (TPSA) is 70.7 Å². The third-order valence-corrected chi connectivity index (χ3v) is 4.16. The van der Waals surface area contributed by atoms with Gasteiger partial charge in [0.25, 0.3) is 0 Å². The normalized spacial score (nSPS) is 11.9. The minimum atomic E-state index is -0.670. The van der Waals surface area contributed by atoms with Gasteiger partial charge in [0.05, 0.1) is 6.54 Å². The molecule has 0 aliphatic carbocycles. The van der Waals surface area contributed by atoms with Crippen molar-refractivity contribution >= 4 is 17.5 Å². The first-order chi connectivity index (χ1) is 13.5. The molecule has 6 nitrogen and oxygen atoms in total. The average molecular weight is 387 g/mol. The van der Waals surface area contributed by atoms with Gasteiger partial charge in [-0.05, 0) is 43.3 Å². The molecule has 0 radical (unpaired) electrons. The van der Waals surface area contributed by atoms with Gasteiger partial charge in [-0.1, -0.05) is 30.3 Å². The summed E-state index contributed by atoms with van der Waals surface area (Å²) in [6.07, 6.45) is 0.721. The zero-order valence-corrected chi connectivity index (χ0v) is 16.2. The summed E-state index contributed by atoms with van der Waals surface area (Å²) < 4.78 is 18.1. The van der Waals surface area contributed by atoms with E-state index in [1.807, 2.05) is 30.3 Å². The Balaban J connectivity index is 2.07. The highest BCUT2D eigenvalue weighted by Crippen LogP contribution is 2.21. The first-order valence-corrected chi connectivity index (χ1v) is 9.08. The number of hydrogen-bond donors (Lipinski definition) is 2. The van der Waals surface area contributed by atoms with Gasteiger partial charge in [0.1, 0.15) is 11.9 Å². The summed E-state index contributed by atoms with van der Waals surface area (Å²) in [6.45, 7) is 1.14. The van der Waals surface area contributed by atoms with Gasteiger partial charge in [-0.2, -0.15) is 0 Å². The highest BCUT2D eigenvalue weighted by atomic mass is 19.1. The Hall–Kier alpha value is -2.77. The standard InChI is InChI=1S/C21H26FN3O3/c1-25(15-19(26)23-13-6-14-28-2)20(16-7-4-3-5-8-16)21(27)24-18-11-9-17(22)10-12-18/h3-5,7-12,20H,6,13-15H2,1-2H3,(H,23,26)(H,24,27). The first kappa shape index (κ1) is 21.5. The molecule has 2 N–H and O–H groups in total. The van der Waals surface area contributed by atoms with Crippen LogP contribution in [-0.4, -0.2) is 50.6 Å². The summed E-state index contributed by atoms with van der Waals surface area (Å²) >= 11 is 0. The average Bonchev–Trinajstić information content (AvgIpc) is 2.68. The van der Waals surface area contributed by atoms with Gasteiger partial charge in [0, 0.05) is 25.9 Å². The molecule has 0 aromatic heterocycles. The van der Waals surface area contributed by atoms with Gasteiger partial charge >= 0.3 is 0 Å². The Morgan fingerprint density at radius 1 is 1.11 bits per heavy atom. The fraction of sp³-hybridized carbons (Fsp3) is 0.333. The summed E-state index contributed by atoms with van der Waals surface area (Å²) in [7, 11) is 3.33. The first-order valence-electron chi connectivity index (χ1n) is 9.08. The number of hydrogen-bond acceptors (Lipinski definition) is 4. The molecular weight excluding hydrogens is 361 g/mol. The van der Waals surface area contributed by atoms with E-state index in [2.05, 4.69) is 10.6 Å². The SMILES string of the molecule is COCCCNC(=O)CN(C)C(C(=O)Nc1ccc(F)cc1)c1ccccc1. The number of rotatable bonds is 10. The number of halogens is 1. The fourth-order valence-corrected chi connectivity index (χ4v) is 2.80. The molecule has 0 spiro atoms. The number of carbonyl (C=O) groups excluding carboxylic acids is 2. The van der Waals surface area contributed by atoms with Crippen LogP contribution >= 0.6 is 0 Å². The van der Waals surface area contributed by atoms with Crippen molar-refractivity contribution in [1.29, 1.82) is 0 Å². The van der Waals surface area contributed by atoms with E-state index in [1.165, 1.54) is 24.3 Å². The molecule has 0 bridgehead atoms. The van der Waals surface area contributed by atoms with Crippen LogP contribution in [0.1, 0.15) is 18.0 Å². The van der Waals surface area contributed by atoms with E-state index in [9.17, 15) is 14.0 Å². The van der Waals surface area contributed by atoms with Crippen molar-refractivity contribution in [2.75, 3.05) is 39.2 Å². The molecule has 2 aromatic carbocycles. The third-order valence-electron chi connectivity index (χ3n) is 4.16. The molecule has 0 saturated carbocycles. The van der Waals surface area contributed by atoms with Gasteiger partial charge in [-0.3, -0.25) is 14.5 Å². The second-order valence-corrected chi connectivity index (χ2v) is 6.42. The Labute approximate surface area is 164 Å². The van der Waals surface area contributed by atoms with Crippen molar-refractivity contribution < 1.29 is 18.7 Å². The molecule has 1 unspecified atom stereocenters. The Morgan fingerprint density at radius 2 is 1.79 bits per heavy atom. The largest absolute Gasteiger partial charge is 0.385 e. The maximum absolute atomic E-state index is 13.1. The molecule has 2 rings (SSSR count). The number of anilines is 1. The minimum Gasteiger partial charge on any atom is -0.385 e. The third kappa shape index (κ3) is 6.75. The second kappa shape index (κ2) is 11.2. The van der Waals surface area contributed by atoms with E-state index >= 15 is 0 Å². The maximum atomic E-state index is 13.1. The summed E-state index contributed by atoms with van der Waals surface area (Å²) in [4.78, 5) is 26.8. The lowest BCUT2D eigenvalue weighted by Gasteiger charge is -2.27. The molecule has 0 aliphatic rings. The van der Waals surface area contributed by atoms with E-state index in [-0.39, 0.29) is 24.2 Å². The van der Waals surface area contributed by atoms with E-state index in [4.69, 9.17) is 4.74 Å². The van der Waals surface area contributed by atoms with Crippen molar-refractivity contribution in [1.82, 2.24) is 10.2 Å². The molecule has 28 heavy (non-hydrogen) atoms. The van der Waals surface area contributed by atoms with E-state index < -0.39 is 6.04 Å². The molecule has 0 heterocycles. The fourth-order valence-electron chi connectivity index (χ4n) is 2.80. The van der Waals surface area contributed by atoms with Crippen LogP contribution in [0.25, 0.3) is 0 Å². The van der Waals surface area contributed by atoms with Crippen LogP contribution in [-0.2, 0) is 14.3 Å². The van der Waals surface area contributed by atoms with Gasteiger partial charge in [0.15, 0.2) is 0 Å². The number of nitrogens with one attached hydrogen (secondary N) is 2. The Morgan fingerprint density at radius 3 is 2.43 bits per heavy atom. The molecule has 0 saturated heterocycles. The number of likely N-dealkylation sites (N-methyl/N-ethyl adjacent to an activating group) is 1. The van der Waals surface area contributed by atoms with Crippen LogP contribution in [0.2, 0.25) is 0 Å². The number of benzene rings is 2. The van der Waals surface area contributed by atoms with Crippen molar-refractivity contribution in [3.63, 3.8) is 0 Å². The van der Waals surface area contributed by atoms with Crippen molar-refractivity contribution in [2.45, 2.75) is 12.5 Å². The van der Waals surface area contributed by atoms with Gasteiger partial charge in [-0.15, -0.1) is 0 Å². The second-order valence-electron chi connectivity index (χ2n) is 6.42. The highest BCUT2D eigenvalue weighted by Gasteiger charge is 2.26. The van der Waals surface area contributed by atoms with E-state index in [0.717, 1.165) is 12.0 Å². The zero-order valence-electron chi connectivity index (χ0n) is 16.2. The van der Waals surface area contributed by atoms with Crippen LogP contribution in [0.4, 0.5) is 10.1 Å². The predicted molar refractivity (Wildman–Crippen MR) is 106 cm³/mol. The number of nitrogens with zero attached hydrogens (tertiary/aromatic N) is 1. The van der Waals surface area contributed by atoms with Gasteiger partial charge in [0.2, 0.25) is 11.8 Å². The maximum Gasteiger partial charge on any atom is 0.246 e. The van der Waals surface area contributed by atoms with Crippen LogP contribution in [0.3, 0.4) is 0 Å². The molecule has 2 aromatic rings. The van der Waals surface area contributed by atoms with Gasteiger partial charge < -0.3 is 15.4 Å². The van der Waals surface area contributed by atoms with Crippen LogP contribution in [0.15, 0.2) is 54.6 Å². The van der Waals surface area contributed by atoms with Crippen molar-refractivity contribution in [3.8, 4) is 0 Å². The van der Waals surface area contributed by atoms with Crippen molar-refractivity contribution in [3.05, 3.63) is 66.0 Å². The molecule has 0 fully saturated rings. The lowest BCUT2D eigenvalue weighted by Crippen LogP contribution is -2.41. The van der Waals surface area contributed by atoms with Crippen LogP contribution in [0.5, 0.6) is 0 Å². The van der Waals surface area contributed by atoms with E-state index in [1.54, 1.807) is 19.1 Å². The predicted octanol–water partition coefficient (Wildman–Crippen LogP) is 2.59. The van der Waals surface area contributed by atoms with Crippen LogP contribution in [0, 0.1) is 5.82 Å². The highest BCUT2D eigenvalue weighted by molar-refractivity contribution is 5.95. The van der Waals surface area contributed by atoms with Crippen molar-refractivity contribution in [2.24, 2.45) is 0 Å². The molecular formula is C21H26FN3O3. The monoisotopic (exact) mass is 387 g/mol. The molecule has 1 atom stereocenters. The molecule has 150 valence electrons. The molecule has 0 aliphatic heterocycles. The number of methoxy groups -OCH3 is 1. The minimum absolute atomic E-state index is 0.0589. The summed E-state index contributed by atoms with van der Waals surface area (Å²) in [5.41, 5.74) is 1.25. The van der Waals surface area contributed by atoms with Gasteiger partial charge in [-0.25, -0.2) is 4.39 Å². The summed E-state index contributed by atoms with van der Waals surface area (Å²) in [5.74, 6) is -0.846. The van der Waals surface area contributed by atoms with Crippen LogP contribution < -0.4 is 10.6 Å². The summed E-state index contributed by atoms with van der Waals surface area (Å²) in [5, 5.41) is 5.60. The zero-order chi connectivity index (χ0) is 20.4. The summed E-state index contributed by atoms with van der Waals surface area (Å²) in [6, 6.07) is 14.1. The number of amides is 2. The number of carbonyl (C=O) groups is 2. The Kier molecular flexibility index (Phi) is 8.58. The number of ether oxygens (including phenoxy) is 1. The lowest BCUT2D eigenvalue weighted by atomic mass is 10.0. The smallest absolute Gasteiger partial charge is 0.246 e. The lowest BCUT2D eigenvalue weighted by molar-refractivity contribution is -0.125. The quantitative estimate of drug-likeness (QED) is 0.615. The Bertz CT molecular complexity index is 753. The van der Waals surface area contributed by atoms with E-state index in [0.29, 0.717) is 18.8 Å². The molecule has 7 heteroatoms. The molecule has 2 amide bonds.